The molecular weight excluding hydrogens is 418 g/mol. The molecule has 11 heteroatoms. The van der Waals surface area contributed by atoms with Crippen LogP contribution in [0.3, 0.4) is 0 Å². The first-order valence-corrected chi connectivity index (χ1v) is 10.1. The van der Waals surface area contributed by atoms with Crippen molar-refractivity contribution in [1.82, 2.24) is 4.98 Å². The Morgan fingerprint density at radius 1 is 1.17 bits per heavy atom. The molecule has 30 heavy (non-hydrogen) atoms. The van der Waals surface area contributed by atoms with Crippen LogP contribution in [-0.2, 0) is 16.6 Å². The standard InChI is InChI=1S/C19H16F2N4O4S/c1-11-18(12-5-3-2-4-6-12)19(17(10-23-11)25(26)27)24-9-14-15(20)7-13(8-16(14)21)30(22,28)29/h2-8,10H,9H2,1H3,(H,23,24)(H2,22,28,29). The van der Waals surface area contributed by atoms with Crippen molar-refractivity contribution in [2.45, 2.75) is 18.4 Å². The molecule has 1 aromatic heterocycles. The number of halogens is 2. The van der Waals surface area contributed by atoms with Crippen molar-refractivity contribution in [3.63, 3.8) is 0 Å². The molecule has 0 saturated carbocycles. The van der Waals surface area contributed by atoms with Crippen LogP contribution in [0, 0.1) is 28.7 Å². The number of pyridine rings is 1. The number of primary sulfonamides is 1. The quantitative estimate of drug-likeness (QED) is 0.451. The number of anilines is 1. The average Bonchev–Trinajstić information content (AvgIpc) is 2.67. The maximum absolute atomic E-state index is 14.4. The molecule has 8 nitrogen and oxygen atoms in total. The summed E-state index contributed by atoms with van der Waals surface area (Å²) in [6.45, 7) is 1.17. The first-order chi connectivity index (χ1) is 14.1. The zero-order chi connectivity index (χ0) is 22.1. The van der Waals surface area contributed by atoms with Gasteiger partial charge in [0, 0.05) is 23.4 Å². The lowest BCUT2D eigenvalue weighted by Crippen LogP contribution is -2.15. The van der Waals surface area contributed by atoms with Gasteiger partial charge in [-0.05, 0) is 24.6 Å². The molecule has 0 amide bonds. The third-order valence-corrected chi connectivity index (χ3v) is 5.29. The lowest BCUT2D eigenvalue weighted by molar-refractivity contribution is -0.384. The normalized spacial score (nSPS) is 11.3. The van der Waals surface area contributed by atoms with Gasteiger partial charge >= 0.3 is 5.69 Å². The third kappa shape index (κ3) is 4.26. The zero-order valence-corrected chi connectivity index (χ0v) is 16.4. The van der Waals surface area contributed by atoms with Crippen LogP contribution in [0.5, 0.6) is 0 Å². The summed E-state index contributed by atoms with van der Waals surface area (Å²) in [6.07, 6.45) is 1.06. The Morgan fingerprint density at radius 3 is 2.30 bits per heavy atom. The monoisotopic (exact) mass is 434 g/mol. The Kier molecular flexibility index (Phi) is 5.76. The molecule has 0 fully saturated rings. The second-order valence-electron chi connectivity index (χ2n) is 6.37. The number of nitro groups is 1. The van der Waals surface area contributed by atoms with Gasteiger partial charge in [-0.1, -0.05) is 30.3 Å². The molecule has 0 aliphatic carbocycles. The number of benzene rings is 2. The first kappa shape index (κ1) is 21.3. The van der Waals surface area contributed by atoms with Gasteiger partial charge in [-0.2, -0.15) is 0 Å². The molecule has 0 saturated heterocycles. The summed E-state index contributed by atoms with van der Waals surface area (Å²) < 4.78 is 51.4. The van der Waals surface area contributed by atoms with Gasteiger partial charge in [0.1, 0.15) is 23.5 Å². The van der Waals surface area contributed by atoms with Gasteiger partial charge in [0.05, 0.1) is 9.82 Å². The molecule has 0 aliphatic heterocycles. The molecule has 2 aromatic carbocycles. The summed E-state index contributed by atoms with van der Waals surface area (Å²) in [4.78, 5) is 14.2. The van der Waals surface area contributed by atoms with Crippen molar-refractivity contribution in [2.75, 3.05) is 5.32 Å². The van der Waals surface area contributed by atoms with Crippen LogP contribution < -0.4 is 10.5 Å². The summed E-state index contributed by atoms with van der Waals surface area (Å²) in [7, 11) is -4.30. The van der Waals surface area contributed by atoms with E-state index in [-0.39, 0.29) is 11.4 Å². The summed E-state index contributed by atoms with van der Waals surface area (Å²) in [6, 6.07) is 9.89. The topological polar surface area (TPSA) is 128 Å². The maximum atomic E-state index is 14.4. The second kappa shape index (κ2) is 8.13. The molecule has 0 radical (unpaired) electrons. The van der Waals surface area contributed by atoms with Crippen LogP contribution in [0.15, 0.2) is 53.6 Å². The smallest absolute Gasteiger partial charge is 0.311 e. The van der Waals surface area contributed by atoms with Crippen LogP contribution in [0.4, 0.5) is 20.2 Å². The number of aryl methyl sites for hydroxylation is 1. The molecule has 0 spiro atoms. The van der Waals surface area contributed by atoms with E-state index in [1.54, 1.807) is 37.3 Å². The minimum absolute atomic E-state index is 0.0352. The number of hydrogen-bond donors (Lipinski definition) is 2. The Bertz CT molecular complexity index is 1210. The van der Waals surface area contributed by atoms with E-state index in [9.17, 15) is 27.3 Å². The average molecular weight is 434 g/mol. The third-order valence-electron chi connectivity index (χ3n) is 4.39. The summed E-state index contributed by atoms with van der Waals surface area (Å²) in [5.41, 5.74) is 0.672. The van der Waals surface area contributed by atoms with E-state index in [4.69, 9.17) is 5.14 Å². The van der Waals surface area contributed by atoms with Crippen molar-refractivity contribution in [3.8, 4) is 11.1 Å². The van der Waals surface area contributed by atoms with Crippen LogP contribution in [0.25, 0.3) is 11.1 Å². The highest BCUT2D eigenvalue weighted by Gasteiger charge is 2.23. The predicted molar refractivity (Wildman–Crippen MR) is 106 cm³/mol. The van der Waals surface area contributed by atoms with Crippen LogP contribution in [-0.4, -0.2) is 18.3 Å². The van der Waals surface area contributed by atoms with E-state index in [0.717, 1.165) is 6.20 Å². The highest BCUT2D eigenvalue weighted by Crippen LogP contribution is 2.37. The molecule has 0 aliphatic rings. The van der Waals surface area contributed by atoms with E-state index in [1.165, 1.54) is 0 Å². The number of nitrogens with one attached hydrogen (secondary N) is 1. The largest absolute Gasteiger partial charge is 0.375 e. The highest BCUT2D eigenvalue weighted by atomic mass is 32.2. The van der Waals surface area contributed by atoms with Gasteiger partial charge in [0.2, 0.25) is 10.0 Å². The molecular formula is C19H16F2N4O4S. The van der Waals surface area contributed by atoms with E-state index in [2.05, 4.69) is 10.3 Å². The van der Waals surface area contributed by atoms with Gasteiger partial charge in [-0.3, -0.25) is 15.1 Å². The van der Waals surface area contributed by atoms with Gasteiger partial charge in [-0.15, -0.1) is 0 Å². The number of sulfonamides is 1. The molecule has 3 rings (SSSR count). The Balaban J connectivity index is 2.08. The van der Waals surface area contributed by atoms with Crippen molar-refractivity contribution < 1.29 is 22.1 Å². The number of rotatable bonds is 6. The van der Waals surface area contributed by atoms with Crippen molar-refractivity contribution in [2.24, 2.45) is 5.14 Å². The Labute approximate surface area is 170 Å². The molecule has 3 aromatic rings. The van der Waals surface area contributed by atoms with Crippen molar-refractivity contribution in [3.05, 3.63) is 81.7 Å². The van der Waals surface area contributed by atoms with E-state index < -0.39 is 43.6 Å². The summed E-state index contributed by atoms with van der Waals surface area (Å²) in [5, 5.41) is 19.1. The fourth-order valence-electron chi connectivity index (χ4n) is 2.96. The van der Waals surface area contributed by atoms with Crippen molar-refractivity contribution >= 4 is 21.4 Å². The lowest BCUT2D eigenvalue weighted by Gasteiger charge is -2.15. The van der Waals surface area contributed by atoms with Crippen LogP contribution >= 0.6 is 0 Å². The number of nitrogens with zero attached hydrogens (tertiary/aromatic N) is 2. The minimum atomic E-state index is -4.30. The van der Waals surface area contributed by atoms with Gasteiger partial charge in [-0.25, -0.2) is 22.3 Å². The van der Waals surface area contributed by atoms with Gasteiger partial charge in [0.25, 0.3) is 0 Å². The lowest BCUT2D eigenvalue weighted by atomic mass is 10.0. The summed E-state index contributed by atoms with van der Waals surface area (Å²) in [5.74, 6) is -2.30. The molecule has 0 unspecified atom stereocenters. The minimum Gasteiger partial charge on any atom is -0.375 e. The molecule has 0 bridgehead atoms. The molecule has 156 valence electrons. The fourth-order valence-corrected chi connectivity index (χ4v) is 3.50. The summed E-state index contributed by atoms with van der Waals surface area (Å²) >= 11 is 0. The Hall–Kier alpha value is -3.44. The molecule has 0 atom stereocenters. The van der Waals surface area contributed by atoms with E-state index >= 15 is 0 Å². The van der Waals surface area contributed by atoms with Crippen LogP contribution in [0.1, 0.15) is 11.3 Å². The zero-order valence-electron chi connectivity index (χ0n) is 15.6. The van der Waals surface area contributed by atoms with Gasteiger partial charge < -0.3 is 5.32 Å². The number of aromatic nitrogens is 1. The highest BCUT2D eigenvalue weighted by molar-refractivity contribution is 7.89. The SMILES string of the molecule is Cc1ncc([N+](=O)[O-])c(NCc2c(F)cc(S(N)(=O)=O)cc2F)c1-c1ccccc1. The van der Waals surface area contributed by atoms with E-state index in [0.29, 0.717) is 29.0 Å². The van der Waals surface area contributed by atoms with Crippen molar-refractivity contribution in [1.29, 1.82) is 0 Å². The Morgan fingerprint density at radius 2 is 1.77 bits per heavy atom. The number of nitrogens with two attached hydrogens (primary N) is 1. The van der Waals surface area contributed by atoms with Gasteiger partial charge in [0.15, 0.2) is 0 Å². The first-order valence-electron chi connectivity index (χ1n) is 8.53. The molecule has 1 heterocycles. The predicted octanol–water partition coefficient (Wildman–Crippen LogP) is 3.50. The second-order valence-corrected chi connectivity index (χ2v) is 7.93. The number of hydrogen-bond acceptors (Lipinski definition) is 6. The molecule has 3 N–H and O–H groups in total. The van der Waals surface area contributed by atoms with E-state index in [1.807, 2.05) is 0 Å². The van der Waals surface area contributed by atoms with Crippen LogP contribution in [0.2, 0.25) is 0 Å². The maximum Gasteiger partial charge on any atom is 0.311 e. The fraction of sp³-hybridized carbons (Fsp3) is 0.105.